The highest BCUT2D eigenvalue weighted by atomic mass is 16.5. The molecule has 3 aromatic rings. The summed E-state index contributed by atoms with van der Waals surface area (Å²) in [4.78, 5) is 0. The Morgan fingerprint density at radius 1 is 1.12 bits per heavy atom. The Morgan fingerprint density at radius 2 is 1.85 bits per heavy atom. The van der Waals surface area contributed by atoms with Crippen molar-refractivity contribution >= 4 is 5.69 Å². The third-order valence-corrected chi connectivity index (χ3v) is 4.78. The highest BCUT2D eigenvalue weighted by Gasteiger charge is 2.32. The van der Waals surface area contributed by atoms with E-state index in [0.29, 0.717) is 0 Å². The van der Waals surface area contributed by atoms with Gasteiger partial charge in [-0.05, 0) is 73.5 Å². The molecular weight excluding hydrogens is 326 g/mol. The fraction of sp³-hybridized carbons (Fsp3) is 0.350. The van der Waals surface area contributed by atoms with Crippen LogP contribution in [0, 0.1) is 13.8 Å². The van der Waals surface area contributed by atoms with Gasteiger partial charge in [-0.25, -0.2) is 0 Å². The molecular formula is C20H25N5O. The van der Waals surface area contributed by atoms with Gasteiger partial charge in [0.1, 0.15) is 5.75 Å². The Bertz CT molecular complexity index is 887. The van der Waals surface area contributed by atoms with Crippen LogP contribution in [0.2, 0.25) is 0 Å². The predicted octanol–water partition coefficient (Wildman–Crippen LogP) is 4.03. The Labute approximate surface area is 154 Å². The van der Waals surface area contributed by atoms with Crippen LogP contribution in [0.3, 0.4) is 0 Å². The number of anilines is 1. The first-order valence-electron chi connectivity index (χ1n) is 8.75. The quantitative estimate of drug-likeness (QED) is 0.726. The average Bonchev–Trinajstić information content (AvgIpc) is 3.14. The van der Waals surface area contributed by atoms with E-state index in [9.17, 15) is 0 Å². The second kappa shape index (κ2) is 7.15. The molecule has 6 heteroatoms. The van der Waals surface area contributed by atoms with Crippen LogP contribution < -0.4 is 10.1 Å². The molecule has 0 aliphatic heterocycles. The van der Waals surface area contributed by atoms with E-state index < -0.39 is 5.54 Å². The van der Waals surface area contributed by atoms with Gasteiger partial charge in [0.25, 0.3) is 0 Å². The first-order chi connectivity index (χ1) is 12.5. The Balaban J connectivity index is 1.98. The number of tetrazole rings is 1. The van der Waals surface area contributed by atoms with Crippen molar-refractivity contribution in [2.45, 2.75) is 39.7 Å². The van der Waals surface area contributed by atoms with E-state index in [1.807, 2.05) is 24.3 Å². The maximum Gasteiger partial charge on any atom is 0.181 e. The third kappa shape index (κ3) is 3.40. The summed E-state index contributed by atoms with van der Waals surface area (Å²) in [5.41, 5.74) is 4.02. The number of hydrogen-bond acceptors (Lipinski definition) is 5. The van der Waals surface area contributed by atoms with E-state index in [4.69, 9.17) is 4.74 Å². The zero-order valence-corrected chi connectivity index (χ0v) is 15.9. The van der Waals surface area contributed by atoms with Gasteiger partial charge in [-0.15, -0.1) is 5.10 Å². The lowest BCUT2D eigenvalue weighted by Crippen LogP contribution is -2.35. The number of nitrogens with one attached hydrogen (secondary N) is 1. The molecule has 26 heavy (non-hydrogen) atoms. The van der Waals surface area contributed by atoms with Gasteiger partial charge >= 0.3 is 0 Å². The van der Waals surface area contributed by atoms with E-state index in [1.54, 1.807) is 11.8 Å². The van der Waals surface area contributed by atoms with E-state index >= 15 is 0 Å². The number of aryl methyl sites for hydroxylation is 2. The van der Waals surface area contributed by atoms with Gasteiger partial charge < -0.3 is 10.1 Å². The first-order valence-corrected chi connectivity index (χ1v) is 8.75. The Morgan fingerprint density at radius 3 is 2.46 bits per heavy atom. The zero-order valence-electron chi connectivity index (χ0n) is 15.9. The van der Waals surface area contributed by atoms with Crippen molar-refractivity contribution in [1.82, 2.24) is 20.2 Å². The van der Waals surface area contributed by atoms with E-state index in [2.05, 4.69) is 66.7 Å². The molecule has 2 aromatic carbocycles. The molecule has 1 atom stereocenters. The fourth-order valence-electron chi connectivity index (χ4n) is 2.98. The highest BCUT2D eigenvalue weighted by molar-refractivity contribution is 5.54. The van der Waals surface area contributed by atoms with Gasteiger partial charge in [0, 0.05) is 5.69 Å². The zero-order chi connectivity index (χ0) is 18.7. The number of methoxy groups -OCH3 is 1. The van der Waals surface area contributed by atoms with E-state index in [1.165, 1.54) is 11.1 Å². The van der Waals surface area contributed by atoms with Crippen LogP contribution in [0.4, 0.5) is 5.69 Å². The number of aromatic nitrogens is 4. The molecule has 1 aromatic heterocycles. The number of benzene rings is 2. The topological polar surface area (TPSA) is 64.9 Å². The summed E-state index contributed by atoms with van der Waals surface area (Å²) in [6, 6.07) is 14.1. The van der Waals surface area contributed by atoms with Gasteiger partial charge in [0.05, 0.1) is 18.3 Å². The fourth-order valence-corrected chi connectivity index (χ4v) is 2.98. The van der Waals surface area contributed by atoms with Crippen LogP contribution in [0.5, 0.6) is 5.75 Å². The predicted molar refractivity (Wildman–Crippen MR) is 103 cm³/mol. The normalized spacial score (nSPS) is 13.3. The highest BCUT2D eigenvalue weighted by Crippen LogP contribution is 2.31. The molecule has 0 unspecified atom stereocenters. The summed E-state index contributed by atoms with van der Waals surface area (Å²) < 4.78 is 7.01. The summed E-state index contributed by atoms with van der Waals surface area (Å²) in [7, 11) is 1.65. The number of rotatable bonds is 6. The molecule has 0 radical (unpaired) electrons. The van der Waals surface area contributed by atoms with Crippen molar-refractivity contribution in [2.75, 3.05) is 12.4 Å². The standard InChI is InChI=1S/C20H25N5O/c1-6-20(4,21-18-12-7-14(2)13-15(18)3)19-22-23-24-25(19)16-8-10-17(26-5)11-9-16/h7-13,21H,6H2,1-5H3/t20-/m1/s1. The molecule has 1 heterocycles. The molecule has 0 fully saturated rings. The van der Waals surface area contributed by atoms with Crippen molar-refractivity contribution in [3.63, 3.8) is 0 Å². The molecule has 0 saturated carbocycles. The van der Waals surface area contributed by atoms with Crippen LogP contribution >= 0.6 is 0 Å². The van der Waals surface area contributed by atoms with Crippen LogP contribution in [0.15, 0.2) is 42.5 Å². The van der Waals surface area contributed by atoms with Crippen molar-refractivity contribution in [1.29, 1.82) is 0 Å². The van der Waals surface area contributed by atoms with E-state index in [0.717, 1.165) is 29.4 Å². The lowest BCUT2D eigenvalue weighted by molar-refractivity contribution is 0.414. The Hall–Kier alpha value is -2.89. The lowest BCUT2D eigenvalue weighted by Gasteiger charge is -2.30. The molecule has 0 bridgehead atoms. The number of hydrogen-bond donors (Lipinski definition) is 1. The van der Waals surface area contributed by atoms with Crippen LogP contribution in [-0.4, -0.2) is 27.3 Å². The summed E-state index contributed by atoms with van der Waals surface area (Å²) in [5, 5.41) is 16.1. The van der Waals surface area contributed by atoms with Gasteiger partial charge in [-0.2, -0.15) is 4.68 Å². The second-order valence-electron chi connectivity index (χ2n) is 6.74. The maximum absolute atomic E-state index is 5.23. The molecule has 0 spiro atoms. The largest absolute Gasteiger partial charge is 0.497 e. The van der Waals surface area contributed by atoms with Gasteiger partial charge in [0.2, 0.25) is 0 Å². The molecule has 0 amide bonds. The summed E-state index contributed by atoms with van der Waals surface area (Å²) >= 11 is 0. The van der Waals surface area contributed by atoms with E-state index in [-0.39, 0.29) is 0 Å². The lowest BCUT2D eigenvalue weighted by atomic mass is 9.96. The number of ether oxygens (including phenoxy) is 1. The monoisotopic (exact) mass is 351 g/mol. The minimum Gasteiger partial charge on any atom is -0.497 e. The van der Waals surface area contributed by atoms with Crippen molar-refractivity contribution in [3.05, 3.63) is 59.4 Å². The smallest absolute Gasteiger partial charge is 0.181 e. The second-order valence-corrected chi connectivity index (χ2v) is 6.74. The molecule has 3 rings (SSSR count). The molecule has 136 valence electrons. The summed E-state index contributed by atoms with van der Waals surface area (Å²) in [5.74, 6) is 1.57. The molecule has 0 aliphatic rings. The molecule has 6 nitrogen and oxygen atoms in total. The van der Waals surface area contributed by atoms with Crippen LogP contribution in [0.25, 0.3) is 5.69 Å². The third-order valence-electron chi connectivity index (χ3n) is 4.78. The first kappa shape index (κ1) is 17.9. The summed E-state index contributed by atoms with van der Waals surface area (Å²) in [6.07, 6.45) is 0.830. The van der Waals surface area contributed by atoms with Crippen LogP contribution in [0.1, 0.15) is 37.2 Å². The van der Waals surface area contributed by atoms with Crippen molar-refractivity contribution in [3.8, 4) is 11.4 Å². The van der Waals surface area contributed by atoms with Gasteiger partial charge in [0.15, 0.2) is 5.82 Å². The maximum atomic E-state index is 5.23. The van der Waals surface area contributed by atoms with Gasteiger partial charge in [-0.3, -0.25) is 0 Å². The van der Waals surface area contributed by atoms with Crippen molar-refractivity contribution < 1.29 is 4.74 Å². The number of nitrogens with zero attached hydrogens (tertiary/aromatic N) is 4. The van der Waals surface area contributed by atoms with Crippen molar-refractivity contribution in [2.24, 2.45) is 0 Å². The molecule has 0 aliphatic carbocycles. The molecule has 1 N–H and O–H groups in total. The SMILES string of the molecule is CC[C@@](C)(Nc1ccc(C)cc1C)c1nnnn1-c1ccc(OC)cc1. The summed E-state index contributed by atoms with van der Waals surface area (Å²) in [6.45, 7) is 8.46. The molecule has 0 saturated heterocycles. The Kier molecular flexibility index (Phi) is 4.93. The van der Waals surface area contributed by atoms with Crippen LogP contribution in [-0.2, 0) is 5.54 Å². The van der Waals surface area contributed by atoms with Gasteiger partial charge in [-0.1, -0.05) is 24.6 Å². The minimum absolute atomic E-state index is 0.413. The average molecular weight is 351 g/mol. The minimum atomic E-state index is -0.413.